The van der Waals surface area contributed by atoms with Crippen molar-refractivity contribution in [2.75, 3.05) is 14.2 Å². The lowest BCUT2D eigenvalue weighted by molar-refractivity contribution is 0.0545. The minimum absolute atomic E-state index is 0.0856. The van der Waals surface area contributed by atoms with Crippen molar-refractivity contribution in [2.24, 2.45) is 0 Å². The normalized spacial score (nSPS) is 10.3. The predicted octanol–water partition coefficient (Wildman–Crippen LogP) is 2.36. The molecule has 0 amide bonds. The Morgan fingerprint density at radius 2 is 1.78 bits per heavy atom. The molecule has 0 atom stereocenters. The maximum absolute atomic E-state index is 11.3. The Morgan fingerprint density at radius 1 is 1.04 bits per heavy atom. The van der Waals surface area contributed by atoms with Crippen molar-refractivity contribution < 1.29 is 24.3 Å². The summed E-state index contributed by atoms with van der Waals surface area (Å²) in [6, 6.07) is 6.87. The molecule has 0 saturated heterocycles. The summed E-state index contributed by atoms with van der Waals surface area (Å²) in [6.07, 6.45) is 6.25. The first-order valence-corrected chi connectivity index (χ1v) is 7.81. The van der Waals surface area contributed by atoms with Crippen LogP contribution in [-0.4, -0.2) is 51.0 Å². The topological polar surface area (TPSA) is 119 Å². The van der Waals surface area contributed by atoms with Gasteiger partial charge in [0.2, 0.25) is 0 Å². The molecule has 2 aromatic heterocycles. The van der Waals surface area contributed by atoms with Crippen LogP contribution < -0.4 is 0 Å². The number of nitrogens with one attached hydrogen (secondary N) is 1. The van der Waals surface area contributed by atoms with Crippen LogP contribution in [-0.2, 0) is 9.47 Å². The van der Waals surface area contributed by atoms with Gasteiger partial charge < -0.3 is 19.7 Å². The second-order valence-corrected chi connectivity index (χ2v) is 5.33. The third-order valence-electron chi connectivity index (χ3n) is 3.83. The van der Waals surface area contributed by atoms with Crippen LogP contribution in [0.25, 0.3) is 22.2 Å². The molecule has 2 aliphatic heterocycles. The van der Waals surface area contributed by atoms with Crippen molar-refractivity contribution in [1.82, 2.24) is 19.7 Å². The summed E-state index contributed by atoms with van der Waals surface area (Å²) in [5.41, 5.74) is 2.54. The highest BCUT2D eigenvalue weighted by Crippen LogP contribution is 2.24. The molecule has 4 rings (SSSR count). The number of pyridine rings is 2. The van der Waals surface area contributed by atoms with Gasteiger partial charge in [0.25, 0.3) is 0 Å². The molecule has 4 heterocycles. The van der Waals surface area contributed by atoms with Gasteiger partial charge in [-0.1, -0.05) is 0 Å². The molecule has 9 heteroatoms. The minimum Gasteiger partial charge on any atom is -0.464 e. The standard InChI is InChI=1S/C9H8N2O3.C9H8N2O2/c1-14-9(12)8-6-2-4-10-7(6)3-5-11(8)13;1-13-9(12)8-6-2-4-10-7(6)3-5-11-8/h2-5,13H,1H3;2-5,10H,1H3. The number of ether oxygens (including phenoxy) is 2. The highest BCUT2D eigenvalue weighted by atomic mass is 16.5. The van der Waals surface area contributed by atoms with Gasteiger partial charge in [0.1, 0.15) is 0 Å². The lowest BCUT2D eigenvalue weighted by Crippen LogP contribution is -2.13. The fraction of sp³-hybridized carbons (Fsp3) is 0.111. The number of aromatic nitrogens is 4. The Morgan fingerprint density at radius 3 is 2.52 bits per heavy atom. The summed E-state index contributed by atoms with van der Waals surface area (Å²) < 4.78 is 9.88. The van der Waals surface area contributed by atoms with Crippen LogP contribution >= 0.6 is 0 Å². The van der Waals surface area contributed by atoms with Gasteiger partial charge in [-0.2, -0.15) is 4.73 Å². The molecule has 0 aromatic carbocycles. The summed E-state index contributed by atoms with van der Waals surface area (Å²) in [5.74, 6) is -1.00. The number of nitrogens with zero attached hydrogens (tertiary/aromatic N) is 3. The number of hydrogen-bond acceptors (Lipinski definition) is 7. The van der Waals surface area contributed by atoms with Gasteiger partial charge in [-0.05, 0) is 24.3 Å². The molecule has 0 saturated carbocycles. The van der Waals surface area contributed by atoms with Crippen molar-refractivity contribution in [3.63, 3.8) is 0 Å². The number of carbonyl (C=O) groups is 2. The highest BCUT2D eigenvalue weighted by molar-refractivity contribution is 6.01. The molecule has 2 aromatic rings. The summed E-state index contributed by atoms with van der Waals surface area (Å²) in [7, 11) is 2.60. The monoisotopic (exact) mass is 368 g/mol. The number of fused-ring (bicyclic) bond motifs is 2. The Labute approximate surface area is 153 Å². The maximum atomic E-state index is 11.3. The van der Waals surface area contributed by atoms with E-state index < -0.39 is 11.9 Å². The van der Waals surface area contributed by atoms with Crippen molar-refractivity contribution in [3.05, 3.63) is 60.4 Å². The zero-order valence-corrected chi connectivity index (χ0v) is 14.5. The van der Waals surface area contributed by atoms with E-state index in [0.29, 0.717) is 17.0 Å². The number of H-pyrrole nitrogens is 1. The van der Waals surface area contributed by atoms with Crippen molar-refractivity contribution in [2.45, 2.75) is 0 Å². The third-order valence-corrected chi connectivity index (χ3v) is 3.83. The van der Waals surface area contributed by atoms with Gasteiger partial charge in [-0.25, -0.2) is 14.6 Å². The van der Waals surface area contributed by atoms with E-state index in [1.54, 1.807) is 36.8 Å². The zero-order chi connectivity index (χ0) is 19.4. The third kappa shape index (κ3) is 3.43. The fourth-order valence-corrected chi connectivity index (χ4v) is 2.56. The Kier molecular flexibility index (Phi) is 5.02. The number of rotatable bonds is 2. The summed E-state index contributed by atoms with van der Waals surface area (Å²) in [6.45, 7) is 0. The van der Waals surface area contributed by atoms with Crippen LogP contribution in [0.15, 0.2) is 49.1 Å². The molecule has 0 spiro atoms. The van der Waals surface area contributed by atoms with Crippen molar-refractivity contribution in [3.8, 4) is 11.3 Å². The van der Waals surface area contributed by atoms with Gasteiger partial charge in [-0.15, -0.1) is 0 Å². The number of hydrogen-bond donors (Lipinski definition) is 2. The minimum atomic E-state index is -0.592. The molecule has 138 valence electrons. The first kappa shape index (κ1) is 17.9. The second kappa shape index (κ2) is 7.56. The van der Waals surface area contributed by atoms with Gasteiger partial charge in [-0.3, -0.25) is 4.98 Å². The fourth-order valence-electron chi connectivity index (χ4n) is 2.56. The quantitative estimate of drug-likeness (QED) is 0.412. The molecule has 2 aliphatic rings. The molecule has 0 aliphatic carbocycles. The molecular weight excluding hydrogens is 352 g/mol. The van der Waals surface area contributed by atoms with Gasteiger partial charge in [0, 0.05) is 41.3 Å². The Bertz CT molecular complexity index is 1070. The molecule has 0 fully saturated rings. The molecule has 9 nitrogen and oxygen atoms in total. The average Bonchev–Trinajstić information content (AvgIpc) is 3.36. The van der Waals surface area contributed by atoms with E-state index in [1.807, 2.05) is 6.07 Å². The lowest BCUT2D eigenvalue weighted by atomic mass is 10.1. The van der Waals surface area contributed by atoms with Crippen molar-refractivity contribution in [1.29, 1.82) is 0 Å². The summed E-state index contributed by atoms with van der Waals surface area (Å²) in [4.78, 5) is 33.5. The van der Waals surface area contributed by atoms with Crippen LogP contribution in [0.5, 0.6) is 0 Å². The molecule has 2 N–H and O–H groups in total. The van der Waals surface area contributed by atoms with E-state index in [-0.39, 0.29) is 5.69 Å². The number of carbonyl (C=O) groups excluding carboxylic acids is 2. The lowest BCUT2D eigenvalue weighted by Gasteiger charge is -2.08. The first-order chi connectivity index (χ1) is 13.1. The molecule has 0 unspecified atom stereocenters. The number of aromatic amines is 1. The first-order valence-electron chi connectivity index (χ1n) is 7.81. The Hall–Kier alpha value is -3.88. The van der Waals surface area contributed by atoms with Crippen LogP contribution in [0.4, 0.5) is 0 Å². The van der Waals surface area contributed by atoms with Crippen LogP contribution in [0.2, 0.25) is 0 Å². The predicted molar refractivity (Wildman–Crippen MR) is 94.8 cm³/mol. The van der Waals surface area contributed by atoms with Crippen LogP contribution in [0.3, 0.4) is 0 Å². The van der Waals surface area contributed by atoms with E-state index in [1.165, 1.54) is 20.4 Å². The van der Waals surface area contributed by atoms with Crippen molar-refractivity contribution >= 4 is 22.8 Å². The van der Waals surface area contributed by atoms with Gasteiger partial charge >= 0.3 is 11.9 Å². The van der Waals surface area contributed by atoms with E-state index in [2.05, 4.69) is 24.4 Å². The van der Waals surface area contributed by atoms with Gasteiger partial charge in [0.15, 0.2) is 11.4 Å². The smallest absolute Gasteiger partial charge is 0.358 e. The summed E-state index contributed by atoms with van der Waals surface area (Å²) in [5, 5.41) is 10.2. The maximum Gasteiger partial charge on any atom is 0.358 e. The van der Waals surface area contributed by atoms with Gasteiger partial charge in [0.05, 0.1) is 19.9 Å². The number of esters is 2. The largest absolute Gasteiger partial charge is 0.464 e. The molecule has 0 radical (unpaired) electrons. The zero-order valence-electron chi connectivity index (χ0n) is 14.5. The van der Waals surface area contributed by atoms with Crippen LogP contribution in [0, 0.1) is 0 Å². The molecule has 0 bridgehead atoms. The van der Waals surface area contributed by atoms with E-state index in [9.17, 15) is 14.8 Å². The average molecular weight is 368 g/mol. The SMILES string of the molecule is COC(=O)c1c2ccnc-2ccn1O.COC(=O)c1nccc2[nH]ccc12. The summed E-state index contributed by atoms with van der Waals surface area (Å²) >= 11 is 0. The second-order valence-electron chi connectivity index (χ2n) is 5.33. The molecular formula is C18H16N4O5. The molecule has 27 heavy (non-hydrogen) atoms. The highest BCUT2D eigenvalue weighted by Gasteiger charge is 2.19. The number of methoxy groups -OCH3 is 2. The van der Waals surface area contributed by atoms with Crippen LogP contribution in [0.1, 0.15) is 21.0 Å². The Balaban J connectivity index is 0.000000156. The van der Waals surface area contributed by atoms with E-state index >= 15 is 0 Å². The van der Waals surface area contributed by atoms with E-state index in [4.69, 9.17) is 0 Å². The van der Waals surface area contributed by atoms with E-state index in [0.717, 1.165) is 15.6 Å².